The van der Waals surface area contributed by atoms with Crippen molar-refractivity contribution in [3.05, 3.63) is 47.0 Å². The predicted molar refractivity (Wildman–Crippen MR) is 64.8 cm³/mol. The van der Waals surface area contributed by atoms with Crippen molar-refractivity contribution in [3.8, 4) is 11.4 Å². The maximum absolute atomic E-state index is 13.1. The molecule has 0 bridgehead atoms. The number of rotatable bonds is 2. The Morgan fingerprint density at radius 2 is 1.82 bits per heavy atom. The molecule has 1 aromatic carbocycles. The van der Waals surface area contributed by atoms with Crippen LogP contribution in [0.3, 0.4) is 0 Å². The van der Waals surface area contributed by atoms with E-state index in [0.717, 1.165) is 17.0 Å². The summed E-state index contributed by atoms with van der Waals surface area (Å²) >= 11 is 0. The molecular weight excluding hydrogens is 217 g/mol. The second-order valence-electron chi connectivity index (χ2n) is 3.91. The molecule has 0 aliphatic rings. The zero-order chi connectivity index (χ0) is 12.4. The molecule has 0 fully saturated rings. The van der Waals surface area contributed by atoms with Gasteiger partial charge in [-0.2, -0.15) is 0 Å². The van der Waals surface area contributed by atoms with Crippen molar-refractivity contribution in [2.24, 2.45) is 5.73 Å². The van der Waals surface area contributed by atoms with Gasteiger partial charge in [-0.1, -0.05) is 12.1 Å². The van der Waals surface area contributed by atoms with E-state index in [1.807, 2.05) is 13.8 Å². The summed E-state index contributed by atoms with van der Waals surface area (Å²) in [7, 11) is 0. The first-order valence-electron chi connectivity index (χ1n) is 5.42. The van der Waals surface area contributed by atoms with Gasteiger partial charge in [-0.3, -0.25) is 0 Å². The fourth-order valence-electron chi connectivity index (χ4n) is 1.79. The molecule has 0 amide bonds. The van der Waals surface area contributed by atoms with Crippen molar-refractivity contribution in [3.63, 3.8) is 0 Å². The molecule has 4 heteroatoms. The maximum atomic E-state index is 13.1. The van der Waals surface area contributed by atoms with Gasteiger partial charge in [-0.25, -0.2) is 14.4 Å². The van der Waals surface area contributed by atoms with E-state index < -0.39 is 0 Å². The van der Waals surface area contributed by atoms with Crippen LogP contribution in [0, 0.1) is 19.7 Å². The number of benzene rings is 1. The normalized spacial score (nSPS) is 10.6. The number of aryl methyl sites for hydroxylation is 2. The number of nitrogens with two attached hydrogens (primary N) is 1. The van der Waals surface area contributed by atoms with Crippen molar-refractivity contribution in [2.45, 2.75) is 20.4 Å². The first-order chi connectivity index (χ1) is 8.11. The molecule has 0 saturated carbocycles. The standard InChI is InChI=1S/C13H14FN3/c1-8-12(7-15)9(2)17-13(16-8)10-4-3-5-11(14)6-10/h3-6H,7,15H2,1-2H3. The highest BCUT2D eigenvalue weighted by molar-refractivity contribution is 5.55. The van der Waals surface area contributed by atoms with Crippen LogP contribution >= 0.6 is 0 Å². The summed E-state index contributed by atoms with van der Waals surface area (Å²) in [5.74, 6) is 0.251. The maximum Gasteiger partial charge on any atom is 0.159 e. The fourth-order valence-corrected chi connectivity index (χ4v) is 1.79. The monoisotopic (exact) mass is 231 g/mol. The van der Waals surface area contributed by atoms with E-state index >= 15 is 0 Å². The van der Waals surface area contributed by atoms with Gasteiger partial charge in [0.05, 0.1) is 0 Å². The molecule has 0 spiro atoms. The van der Waals surface area contributed by atoms with E-state index in [4.69, 9.17) is 5.73 Å². The molecule has 88 valence electrons. The average molecular weight is 231 g/mol. The van der Waals surface area contributed by atoms with Gasteiger partial charge < -0.3 is 5.73 Å². The Kier molecular flexibility index (Phi) is 3.15. The van der Waals surface area contributed by atoms with Gasteiger partial charge >= 0.3 is 0 Å². The molecule has 0 aliphatic carbocycles. The summed E-state index contributed by atoms with van der Waals surface area (Å²) < 4.78 is 13.1. The lowest BCUT2D eigenvalue weighted by atomic mass is 10.1. The Morgan fingerprint density at radius 1 is 1.18 bits per heavy atom. The van der Waals surface area contributed by atoms with E-state index in [9.17, 15) is 4.39 Å². The Hall–Kier alpha value is -1.81. The third-order valence-corrected chi connectivity index (χ3v) is 2.71. The van der Waals surface area contributed by atoms with Crippen LogP contribution < -0.4 is 5.73 Å². The summed E-state index contributed by atoms with van der Waals surface area (Å²) in [5, 5.41) is 0. The smallest absolute Gasteiger partial charge is 0.159 e. The van der Waals surface area contributed by atoms with Gasteiger partial charge in [0, 0.05) is 29.1 Å². The van der Waals surface area contributed by atoms with E-state index in [1.165, 1.54) is 12.1 Å². The number of hydrogen-bond donors (Lipinski definition) is 1. The minimum absolute atomic E-state index is 0.288. The second kappa shape index (κ2) is 4.59. The number of aromatic nitrogens is 2. The average Bonchev–Trinajstić information content (AvgIpc) is 2.28. The molecule has 0 unspecified atom stereocenters. The first kappa shape index (κ1) is 11.7. The molecule has 2 aromatic rings. The molecule has 17 heavy (non-hydrogen) atoms. The molecule has 0 saturated heterocycles. The lowest BCUT2D eigenvalue weighted by Crippen LogP contribution is -2.07. The summed E-state index contributed by atoms with van der Waals surface area (Å²) in [6.45, 7) is 4.19. The van der Waals surface area contributed by atoms with Crippen molar-refractivity contribution in [2.75, 3.05) is 0 Å². The molecule has 0 aliphatic heterocycles. The largest absolute Gasteiger partial charge is 0.326 e. The van der Waals surface area contributed by atoms with Crippen molar-refractivity contribution in [1.29, 1.82) is 0 Å². The van der Waals surface area contributed by atoms with Gasteiger partial charge in [0.25, 0.3) is 0 Å². The Bertz CT molecular complexity index is 529. The van der Waals surface area contributed by atoms with Crippen LogP contribution in [0.5, 0.6) is 0 Å². The van der Waals surface area contributed by atoms with Crippen LogP contribution in [0.2, 0.25) is 0 Å². The topological polar surface area (TPSA) is 51.8 Å². The predicted octanol–water partition coefficient (Wildman–Crippen LogP) is 2.36. The van der Waals surface area contributed by atoms with Gasteiger partial charge in [0.2, 0.25) is 0 Å². The fraction of sp³-hybridized carbons (Fsp3) is 0.231. The van der Waals surface area contributed by atoms with Crippen LogP contribution in [-0.4, -0.2) is 9.97 Å². The third-order valence-electron chi connectivity index (χ3n) is 2.71. The highest BCUT2D eigenvalue weighted by atomic mass is 19.1. The molecule has 0 radical (unpaired) electrons. The van der Waals surface area contributed by atoms with Gasteiger partial charge in [0.1, 0.15) is 5.82 Å². The summed E-state index contributed by atoms with van der Waals surface area (Å²) in [6.07, 6.45) is 0. The molecule has 0 atom stereocenters. The highest BCUT2D eigenvalue weighted by Gasteiger charge is 2.08. The van der Waals surface area contributed by atoms with Gasteiger partial charge in [-0.05, 0) is 26.0 Å². The summed E-state index contributed by atoms with van der Waals surface area (Å²) in [5.41, 5.74) is 8.95. The van der Waals surface area contributed by atoms with E-state index in [0.29, 0.717) is 17.9 Å². The molecular formula is C13H14FN3. The van der Waals surface area contributed by atoms with E-state index in [2.05, 4.69) is 9.97 Å². The summed E-state index contributed by atoms with van der Waals surface area (Å²) in [4.78, 5) is 8.72. The van der Waals surface area contributed by atoms with Crippen molar-refractivity contribution < 1.29 is 4.39 Å². The minimum atomic E-state index is -0.288. The number of nitrogens with zero attached hydrogens (tertiary/aromatic N) is 2. The second-order valence-corrected chi connectivity index (χ2v) is 3.91. The SMILES string of the molecule is Cc1nc(-c2cccc(F)c2)nc(C)c1CN. The first-order valence-corrected chi connectivity index (χ1v) is 5.42. The Labute approximate surface area is 99.5 Å². The number of halogens is 1. The molecule has 1 heterocycles. The van der Waals surface area contributed by atoms with Crippen LogP contribution in [0.4, 0.5) is 4.39 Å². The van der Waals surface area contributed by atoms with Crippen molar-refractivity contribution in [1.82, 2.24) is 9.97 Å². The zero-order valence-corrected chi connectivity index (χ0v) is 9.87. The number of hydrogen-bond acceptors (Lipinski definition) is 3. The van der Waals surface area contributed by atoms with Gasteiger partial charge in [-0.15, -0.1) is 0 Å². The van der Waals surface area contributed by atoms with E-state index in [-0.39, 0.29) is 5.82 Å². The van der Waals surface area contributed by atoms with Crippen LogP contribution in [0.15, 0.2) is 24.3 Å². The van der Waals surface area contributed by atoms with Gasteiger partial charge in [0.15, 0.2) is 5.82 Å². The Morgan fingerprint density at radius 3 is 2.35 bits per heavy atom. The molecule has 2 N–H and O–H groups in total. The summed E-state index contributed by atoms with van der Waals surface area (Å²) in [6, 6.07) is 6.27. The quantitative estimate of drug-likeness (QED) is 0.863. The highest BCUT2D eigenvalue weighted by Crippen LogP contribution is 2.19. The lowest BCUT2D eigenvalue weighted by molar-refractivity contribution is 0.628. The third kappa shape index (κ3) is 2.31. The van der Waals surface area contributed by atoms with E-state index in [1.54, 1.807) is 12.1 Å². The minimum Gasteiger partial charge on any atom is -0.326 e. The van der Waals surface area contributed by atoms with Crippen LogP contribution in [0.1, 0.15) is 17.0 Å². The van der Waals surface area contributed by atoms with Crippen LogP contribution in [0.25, 0.3) is 11.4 Å². The zero-order valence-electron chi connectivity index (χ0n) is 9.87. The van der Waals surface area contributed by atoms with Crippen LogP contribution in [-0.2, 0) is 6.54 Å². The van der Waals surface area contributed by atoms with Crippen molar-refractivity contribution >= 4 is 0 Å². The Balaban J connectivity index is 2.54. The molecule has 3 nitrogen and oxygen atoms in total. The lowest BCUT2D eigenvalue weighted by Gasteiger charge is -2.09. The molecule has 1 aromatic heterocycles. The molecule has 2 rings (SSSR count).